The molecule has 1 aromatic rings. The van der Waals surface area contributed by atoms with Gasteiger partial charge in [-0.2, -0.15) is 13.2 Å². The van der Waals surface area contributed by atoms with E-state index in [1.54, 1.807) is 0 Å². The maximum absolute atomic E-state index is 11.9. The Morgan fingerprint density at radius 3 is 2.79 bits per heavy atom. The zero-order valence-corrected chi connectivity index (χ0v) is 10.8. The van der Waals surface area contributed by atoms with Gasteiger partial charge in [0.25, 0.3) is 0 Å². The van der Waals surface area contributed by atoms with E-state index in [1.165, 1.54) is 12.8 Å². The van der Waals surface area contributed by atoms with Gasteiger partial charge in [0.05, 0.1) is 19.6 Å². The molecule has 0 unspecified atom stereocenters. The molecule has 3 nitrogen and oxygen atoms in total. The molecule has 0 spiro atoms. The second-order valence-corrected chi connectivity index (χ2v) is 4.89. The minimum absolute atomic E-state index is 0.0837. The van der Waals surface area contributed by atoms with Crippen molar-refractivity contribution >= 4 is 0 Å². The van der Waals surface area contributed by atoms with Crippen LogP contribution in [-0.4, -0.2) is 18.8 Å². The summed E-state index contributed by atoms with van der Waals surface area (Å²) in [6.07, 6.45) is -2.69. The number of ether oxygens (including phenoxy) is 1. The molecule has 0 aromatic carbocycles. The maximum Gasteiger partial charge on any atom is 0.391 e. The van der Waals surface area contributed by atoms with Crippen molar-refractivity contribution in [2.45, 2.75) is 51.6 Å². The van der Waals surface area contributed by atoms with Gasteiger partial charge in [0, 0.05) is 6.04 Å². The molecule has 108 valence electrons. The molecule has 1 heterocycles. The van der Waals surface area contributed by atoms with Crippen molar-refractivity contribution in [3.63, 3.8) is 0 Å². The number of hydrogen-bond donors (Lipinski definition) is 1. The second kappa shape index (κ2) is 5.96. The summed E-state index contributed by atoms with van der Waals surface area (Å²) in [5, 5.41) is 3.33. The topological polar surface area (TPSA) is 34.4 Å². The summed E-state index contributed by atoms with van der Waals surface area (Å²) in [5.74, 6) is 1.41. The van der Waals surface area contributed by atoms with E-state index in [-0.39, 0.29) is 13.2 Å². The molecule has 1 aliphatic rings. The SMILES string of the molecule is Cc1cc(COCCC(F)(F)F)oc1CNC1CC1. The number of furan rings is 1. The van der Waals surface area contributed by atoms with Gasteiger partial charge < -0.3 is 14.5 Å². The number of nitrogens with one attached hydrogen (secondary N) is 1. The van der Waals surface area contributed by atoms with Crippen molar-refractivity contribution in [1.29, 1.82) is 0 Å². The van der Waals surface area contributed by atoms with Crippen LogP contribution < -0.4 is 5.32 Å². The van der Waals surface area contributed by atoms with Crippen LogP contribution in [0.4, 0.5) is 13.2 Å². The van der Waals surface area contributed by atoms with Crippen LogP contribution in [-0.2, 0) is 17.9 Å². The Hall–Kier alpha value is -1.01. The zero-order chi connectivity index (χ0) is 13.9. The lowest BCUT2D eigenvalue weighted by Crippen LogP contribution is -2.15. The molecule has 0 amide bonds. The summed E-state index contributed by atoms with van der Waals surface area (Å²) in [4.78, 5) is 0. The van der Waals surface area contributed by atoms with Crippen molar-refractivity contribution in [3.8, 4) is 0 Å². The molecule has 1 fully saturated rings. The highest BCUT2D eigenvalue weighted by Crippen LogP contribution is 2.22. The van der Waals surface area contributed by atoms with Crippen molar-refractivity contribution in [1.82, 2.24) is 5.32 Å². The van der Waals surface area contributed by atoms with Crippen molar-refractivity contribution in [2.24, 2.45) is 0 Å². The molecule has 0 bridgehead atoms. The Bertz CT molecular complexity index is 411. The Labute approximate surface area is 110 Å². The number of hydrogen-bond acceptors (Lipinski definition) is 3. The van der Waals surface area contributed by atoms with Crippen LogP contribution in [0, 0.1) is 6.92 Å². The van der Waals surface area contributed by atoms with Crippen molar-refractivity contribution in [2.75, 3.05) is 6.61 Å². The zero-order valence-electron chi connectivity index (χ0n) is 10.8. The van der Waals surface area contributed by atoms with Crippen LogP contribution in [0.3, 0.4) is 0 Å². The van der Waals surface area contributed by atoms with Crippen LogP contribution in [0.2, 0.25) is 0 Å². The summed E-state index contributed by atoms with van der Waals surface area (Å²) in [7, 11) is 0. The Morgan fingerprint density at radius 2 is 2.16 bits per heavy atom. The number of alkyl halides is 3. The van der Waals surface area contributed by atoms with E-state index in [0.717, 1.165) is 11.3 Å². The third kappa shape index (κ3) is 5.24. The van der Waals surface area contributed by atoms with Gasteiger partial charge in [-0.3, -0.25) is 0 Å². The number of aryl methyl sites for hydroxylation is 1. The highest BCUT2D eigenvalue weighted by atomic mass is 19.4. The van der Waals surface area contributed by atoms with E-state index >= 15 is 0 Å². The predicted molar refractivity (Wildman–Crippen MR) is 63.6 cm³/mol. The minimum atomic E-state index is -4.17. The fraction of sp³-hybridized carbons (Fsp3) is 0.692. The maximum atomic E-state index is 11.9. The molecule has 1 aromatic heterocycles. The van der Waals surface area contributed by atoms with Gasteiger partial charge in [0.1, 0.15) is 18.1 Å². The quantitative estimate of drug-likeness (QED) is 0.776. The van der Waals surface area contributed by atoms with Crippen molar-refractivity contribution in [3.05, 3.63) is 23.2 Å². The van der Waals surface area contributed by atoms with Gasteiger partial charge >= 0.3 is 6.18 Å². The Balaban J connectivity index is 1.72. The molecule has 0 saturated heterocycles. The third-order valence-electron chi connectivity index (χ3n) is 2.97. The fourth-order valence-corrected chi connectivity index (χ4v) is 1.72. The molecule has 0 radical (unpaired) electrons. The second-order valence-electron chi connectivity index (χ2n) is 4.89. The van der Waals surface area contributed by atoms with Crippen LogP contribution in [0.1, 0.15) is 36.3 Å². The van der Waals surface area contributed by atoms with E-state index in [0.29, 0.717) is 18.3 Å². The molecule has 0 aliphatic heterocycles. The summed E-state index contributed by atoms with van der Waals surface area (Å²) < 4.78 is 46.3. The highest BCUT2D eigenvalue weighted by molar-refractivity contribution is 5.19. The first kappa shape index (κ1) is 14.4. The van der Waals surface area contributed by atoms with E-state index in [9.17, 15) is 13.2 Å². The summed E-state index contributed by atoms with van der Waals surface area (Å²) in [6, 6.07) is 2.41. The first-order valence-electron chi connectivity index (χ1n) is 6.40. The Kier molecular flexibility index (Phi) is 4.52. The van der Waals surface area contributed by atoms with E-state index in [2.05, 4.69) is 5.32 Å². The predicted octanol–water partition coefficient (Wildman–Crippen LogP) is 3.31. The normalized spacial score (nSPS) is 16.0. The number of halogens is 3. The average Bonchev–Trinajstić information content (AvgIpc) is 3.06. The lowest BCUT2D eigenvalue weighted by Gasteiger charge is -2.05. The molecular formula is C13H18F3NO2. The van der Waals surface area contributed by atoms with Crippen LogP contribution in [0.15, 0.2) is 10.5 Å². The lowest BCUT2D eigenvalue weighted by molar-refractivity contribution is -0.146. The van der Waals surface area contributed by atoms with Crippen molar-refractivity contribution < 1.29 is 22.3 Å². The van der Waals surface area contributed by atoms with Gasteiger partial charge in [-0.05, 0) is 31.4 Å². The standard InChI is InChI=1S/C13H18F3NO2/c1-9-6-11(8-18-5-4-13(14,15)16)19-12(9)7-17-10-2-3-10/h6,10,17H,2-5,7-8H2,1H3. The fourth-order valence-electron chi connectivity index (χ4n) is 1.72. The average molecular weight is 277 g/mol. The molecular weight excluding hydrogens is 259 g/mol. The summed E-state index contributed by atoms with van der Waals surface area (Å²) in [6.45, 7) is 2.34. The largest absolute Gasteiger partial charge is 0.462 e. The first-order chi connectivity index (χ1) is 8.94. The van der Waals surface area contributed by atoms with Gasteiger partial charge in [-0.25, -0.2) is 0 Å². The molecule has 19 heavy (non-hydrogen) atoms. The van der Waals surface area contributed by atoms with Crippen LogP contribution in [0.25, 0.3) is 0 Å². The number of rotatable bonds is 7. The molecule has 2 rings (SSSR count). The summed E-state index contributed by atoms with van der Waals surface area (Å²) >= 11 is 0. The molecule has 0 atom stereocenters. The first-order valence-corrected chi connectivity index (χ1v) is 6.40. The van der Waals surface area contributed by atoms with Gasteiger partial charge in [-0.1, -0.05) is 0 Å². The third-order valence-corrected chi connectivity index (χ3v) is 2.97. The van der Waals surface area contributed by atoms with Crippen LogP contribution >= 0.6 is 0 Å². The lowest BCUT2D eigenvalue weighted by atomic mass is 10.2. The molecule has 1 saturated carbocycles. The smallest absolute Gasteiger partial charge is 0.391 e. The Morgan fingerprint density at radius 1 is 1.42 bits per heavy atom. The summed E-state index contributed by atoms with van der Waals surface area (Å²) in [5.41, 5.74) is 1.00. The molecule has 6 heteroatoms. The van der Waals surface area contributed by atoms with E-state index in [1.807, 2.05) is 13.0 Å². The van der Waals surface area contributed by atoms with Gasteiger partial charge in [0.15, 0.2) is 0 Å². The van der Waals surface area contributed by atoms with Crippen LogP contribution in [0.5, 0.6) is 0 Å². The monoisotopic (exact) mass is 277 g/mol. The highest BCUT2D eigenvalue weighted by Gasteiger charge is 2.26. The van der Waals surface area contributed by atoms with Gasteiger partial charge in [-0.15, -0.1) is 0 Å². The van der Waals surface area contributed by atoms with E-state index < -0.39 is 12.6 Å². The molecule has 1 aliphatic carbocycles. The van der Waals surface area contributed by atoms with E-state index in [4.69, 9.17) is 9.15 Å². The van der Waals surface area contributed by atoms with Gasteiger partial charge in [0.2, 0.25) is 0 Å². The minimum Gasteiger partial charge on any atom is -0.462 e. The molecule has 1 N–H and O–H groups in total.